The summed E-state index contributed by atoms with van der Waals surface area (Å²) in [6.45, 7) is -1.67. The van der Waals surface area contributed by atoms with Crippen molar-refractivity contribution in [3.8, 4) is 0 Å². The van der Waals surface area contributed by atoms with Gasteiger partial charge in [0.2, 0.25) is 10.0 Å². The summed E-state index contributed by atoms with van der Waals surface area (Å²) in [5.41, 5.74) is 0. The molecular formula is C17H22BrN3O7S. The third kappa shape index (κ3) is 7.38. The molecule has 0 aromatic heterocycles. The Labute approximate surface area is 176 Å². The number of nitrogens with one attached hydrogen (secondary N) is 3. The van der Waals surface area contributed by atoms with Gasteiger partial charge in [0.05, 0.1) is 11.5 Å². The zero-order chi connectivity index (χ0) is 21.4. The summed E-state index contributed by atoms with van der Waals surface area (Å²) in [6, 6.07) is 3.34. The molecule has 0 radical (unpaired) electrons. The van der Waals surface area contributed by atoms with Crippen molar-refractivity contribution in [2.75, 3.05) is 13.2 Å². The summed E-state index contributed by atoms with van der Waals surface area (Å²) in [5.74, 6) is -2.03. The van der Waals surface area contributed by atoms with Crippen LogP contribution in [0.1, 0.15) is 25.7 Å². The second-order valence-corrected chi connectivity index (χ2v) is 9.05. The predicted molar refractivity (Wildman–Crippen MR) is 105 cm³/mol. The van der Waals surface area contributed by atoms with Gasteiger partial charge in [0, 0.05) is 10.5 Å². The Balaban J connectivity index is 1.83. The molecule has 2 rings (SSSR count). The second-order valence-electron chi connectivity index (χ2n) is 6.42. The lowest BCUT2D eigenvalue weighted by atomic mass is 10.2. The first-order chi connectivity index (χ1) is 13.7. The topological polar surface area (TPSA) is 151 Å². The number of hydrogen-bond acceptors (Lipinski definition) is 7. The van der Waals surface area contributed by atoms with E-state index in [1.165, 1.54) is 24.3 Å². The molecular weight excluding hydrogens is 470 g/mol. The number of carbonyl (C=O) groups is 3. The number of rotatable bonds is 8. The van der Waals surface area contributed by atoms with Gasteiger partial charge in [-0.05, 0) is 37.1 Å². The molecule has 1 aliphatic carbocycles. The van der Waals surface area contributed by atoms with E-state index in [-0.39, 0.29) is 10.9 Å². The highest BCUT2D eigenvalue weighted by atomic mass is 79.9. The van der Waals surface area contributed by atoms with Crippen LogP contribution in [0.4, 0.5) is 4.79 Å². The van der Waals surface area contributed by atoms with E-state index in [4.69, 9.17) is 4.74 Å². The number of ether oxygens (including phenoxy) is 1. The average Bonchev–Trinajstić information content (AvgIpc) is 3.17. The molecule has 1 atom stereocenters. The summed E-state index contributed by atoms with van der Waals surface area (Å²) < 4.78 is 32.0. The van der Waals surface area contributed by atoms with Crippen molar-refractivity contribution in [1.29, 1.82) is 0 Å². The van der Waals surface area contributed by atoms with Gasteiger partial charge in [-0.25, -0.2) is 13.2 Å². The summed E-state index contributed by atoms with van der Waals surface area (Å²) in [7, 11) is -4.10. The van der Waals surface area contributed by atoms with Crippen molar-refractivity contribution in [2.45, 2.75) is 42.7 Å². The number of benzene rings is 1. The highest BCUT2D eigenvalue weighted by Gasteiger charge is 2.27. The summed E-state index contributed by atoms with van der Waals surface area (Å²) in [4.78, 5) is 35.3. The number of imide groups is 1. The van der Waals surface area contributed by atoms with Gasteiger partial charge in [-0.15, -0.1) is 0 Å². The van der Waals surface area contributed by atoms with Crippen LogP contribution in [0, 0.1) is 0 Å². The first kappa shape index (κ1) is 23.3. The van der Waals surface area contributed by atoms with Crippen molar-refractivity contribution in [2.24, 2.45) is 0 Å². The predicted octanol–water partition coefficient (Wildman–Crippen LogP) is 0.400. The zero-order valence-electron chi connectivity index (χ0n) is 15.4. The molecule has 12 heteroatoms. The molecule has 0 saturated heterocycles. The van der Waals surface area contributed by atoms with Crippen LogP contribution in [0.2, 0.25) is 0 Å². The van der Waals surface area contributed by atoms with Crippen LogP contribution >= 0.6 is 15.9 Å². The summed E-state index contributed by atoms with van der Waals surface area (Å²) in [6.07, 6.45) is 3.70. The molecule has 0 heterocycles. The first-order valence-corrected chi connectivity index (χ1v) is 11.1. The smallest absolute Gasteiger partial charge is 0.327 e. The Bertz CT molecular complexity index is 839. The molecule has 1 unspecified atom stereocenters. The van der Waals surface area contributed by atoms with E-state index in [1.54, 1.807) is 0 Å². The molecule has 1 aromatic carbocycles. The molecule has 0 bridgehead atoms. The van der Waals surface area contributed by atoms with Crippen molar-refractivity contribution < 1.29 is 32.6 Å². The van der Waals surface area contributed by atoms with E-state index in [2.05, 4.69) is 21.2 Å². The van der Waals surface area contributed by atoms with E-state index in [9.17, 15) is 27.9 Å². The van der Waals surface area contributed by atoms with Gasteiger partial charge in [-0.1, -0.05) is 28.8 Å². The number of halogens is 1. The molecule has 0 spiro atoms. The van der Waals surface area contributed by atoms with E-state index >= 15 is 0 Å². The maximum absolute atomic E-state index is 12.3. The van der Waals surface area contributed by atoms with E-state index < -0.39 is 47.2 Å². The maximum Gasteiger partial charge on any atom is 0.327 e. The lowest BCUT2D eigenvalue weighted by Crippen LogP contribution is -2.47. The number of hydrogen-bond donors (Lipinski definition) is 4. The van der Waals surface area contributed by atoms with Gasteiger partial charge in [-0.2, -0.15) is 4.72 Å². The third-order valence-electron chi connectivity index (χ3n) is 4.18. The van der Waals surface area contributed by atoms with Crippen LogP contribution in [-0.4, -0.2) is 56.7 Å². The molecule has 3 amide bonds. The van der Waals surface area contributed by atoms with Crippen molar-refractivity contribution in [3.05, 3.63) is 28.7 Å². The van der Waals surface area contributed by atoms with Crippen LogP contribution in [-0.2, 0) is 24.3 Å². The molecule has 1 saturated carbocycles. The van der Waals surface area contributed by atoms with Gasteiger partial charge in [0.15, 0.2) is 6.61 Å². The molecule has 160 valence electrons. The molecule has 1 fully saturated rings. The Kier molecular flexibility index (Phi) is 8.56. The molecule has 0 aliphatic heterocycles. The van der Waals surface area contributed by atoms with Crippen molar-refractivity contribution in [3.63, 3.8) is 0 Å². The molecule has 1 aliphatic rings. The summed E-state index contributed by atoms with van der Waals surface area (Å²) >= 11 is 3.18. The van der Waals surface area contributed by atoms with E-state index in [0.29, 0.717) is 4.47 Å². The molecule has 4 N–H and O–H groups in total. The molecule has 1 aromatic rings. The first-order valence-electron chi connectivity index (χ1n) is 8.87. The number of aliphatic hydroxyl groups excluding tert-OH is 1. The second kappa shape index (κ2) is 10.7. The monoisotopic (exact) mass is 491 g/mol. The fourth-order valence-corrected chi connectivity index (χ4v) is 4.16. The number of carbonyl (C=O) groups excluding carboxylic acids is 3. The van der Waals surface area contributed by atoms with Gasteiger partial charge in [0.1, 0.15) is 6.04 Å². The average molecular weight is 492 g/mol. The highest BCUT2D eigenvalue weighted by molar-refractivity contribution is 9.10. The van der Waals surface area contributed by atoms with Gasteiger partial charge < -0.3 is 15.2 Å². The Morgan fingerprint density at radius 3 is 2.38 bits per heavy atom. The highest BCUT2D eigenvalue weighted by Crippen LogP contribution is 2.17. The Hall–Kier alpha value is -2.02. The van der Waals surface area contributed by atoms with Crippen LogP contribution in [0.3, 0.4) is 0 Å². The van der Waals surface area contributed by atoms with Gasteiger partial charge in [-0.3, -0.25) is 14.9 Å². The van der Waals surface area contributed by atoms with Crippen LogP contribution in [0.25, 0.3) is 0 Å². The maximum atomic E-state index is 12.3. The van der Waals surface area contributed by atoms with Crippen molar-refractivity contribution in [1.82, 2.24) is 15.4 Å². The number of esters is 1. The quantitative estimate of drug-likeness (QED) is 0.384. The summed E-state index contributed by atoms with van der Waals surface area (Å²) in [5, 5.41) is 14.0. The largest absolute Gasteiger partial charge is 0.454 e. The molecule has 10 nitrogen and oxygen atoms in total. The normalized spacial score (nSPS) is 15.5. The number of aliphatic hydroxyl groups is 1. The lowest BCUT2D eigenvalue weighted by molar-refractivity contribution is -0.150. The van der Waals surface area contributed by atoms with E-state index in [0.717, 1.165) is 25.7 Å². The Morgan fingerprint density at radius 2 is 1.79 bits per heavy atom. The van der Waals surface area contributed by atoms with Crippen molar-refractivity contribution >= 4 is 43.9 Å². The lowest BCUT2D eigenvalue weighted by Gasteiger charge is -2.16. The zero-order valence-corrected chi connectivity index (χ0v) is 17.8. The van der Waals surface area contributed by atoms with Gasteiger partial charge >= 0.3 is 12.0 Å². The van der Waals surface area contributed by atoms with Crippen LogP contribution in [0.5, 0.6) is 0 Å². The van der Waals surface area contributed by atoms with Gasteiger partial charge in [0.25, 0.3) is 5.91 Å². The minimum atomic E-state index is -4.10. The SMILES string of the molecule is O=C(COC(=O)C(CO)NS(=O)(=O)c1ccc(Br)cc1)NC(=O)NC1CCCC1. The van der Waals surface area contributed by atoms with Crippen LogP contribution < -0.4 is 15.4 Å². The third-order valence-corrected chi connectivity index (χ3v) is 6.19. The molecule has 29 heavy (non-hydrogen) atoms. The van der Waals surface area contributed by atoms with E-state index in [1.807, 2.05) is 10.0 Å². The number of sulfonamides is 1. The minimum absolute atomic E-state index is 0.0112. The standard InChI is InChI=1S/C17H22BrN3O7S/c18-11-5-7-13(8-6-11)29(26,27)21-14(9-22)16(24)28-10-15(23)20-17(25)19-12-3-1-2-4-12/h5-8,12,14,21-22H,1-4,9-10H2,(H2,19,20,23,25). The van der Waals surface area contributed by atoms with Crippen LogP contribution in [0.15, 0.2) is 33.6 Å². The number of urea groups is 1. The number of amides is 3. The minimum Gasteiger partial charge on any atom is -0.454 e. The fourth-order valence-electron chi connectivity index (χ4n) is 2.72. The fraction of sp³-hybridized carbons (Fsp3) is 0.471. The Morgan fingerprint density at radius 1 is 1.17 bits per heavy atom.